The van der Waals surface area contributed by atoms with Gasteiger partial charge >= 0.3 is 0 Å². The maximum Gasteiger partial charge on any atom is 0.230 e. The second-order valence-corrected chi connectivity index (χ2v) is 4.70. The van der Waals surface area contributed by atoms with Crippen molar-refractivity contribution in [2.75, 3.05) is 0 Å². The first-order chi connectivity index (χ1) is 6.88. The molecule has 0 bridgehead atoms. The topological polar surface area (TPSA) is 0 Å². The molecule has 0 radical (unpaired) electrons. The molecule has 0 heterocycles. The maximum absolute atomic E-state index is 2.21. The van der Waals surface area contributed by atoms with Gasteiger partial charge < -0.3 is 0 Å². The Balaban J connectivity index is 2.30. The molecule has 2 aromatic rings. The lowest BCUT2D eigenvalue weighted by Crippen LogP contribution is -1.99. The summed E-state index contributed by atoms with van der Waals surface area (Å²) in [6, 6.07) is 21.5. The van der Waals surface area contributed by atoms with Gasteiger partial charge in [0.25, 0.3) is 0 Å². The van der Waals surface area contributed by atoms with Crippen LogP contribution in [0.5, 0.6) is 0 Å². The van der Waals surface area contributed by atoms with Crippen molar-refractivity contribution in [1.29, 1.82) is 0 Å². The molecule has 0 N–H and O–H groups in total. The second kappa shape index (κ2) is 4.46. The first kappa shape index (κ1) is 9.52. The minimum atomic E-state index is 0.623. The van der Waals surface area contributed by atoms with E-state index in [1.807, 2.05) is 0 Å². The zero-order chi connectivity index (χ0) is 9.80. The lowest BCUT2D eigenvalue weighted by molar-refractivity contribution is 1.14. The fourth-order valence-electron chi connectivity index (χ4n) is 1.68. The van der Waals surface area contributed by atoms with Gasteiger partial charge in [0, 0.05) is 0 Å². The lowest BCUT2D eigenvalue weighted by Gasteiger charge is -2.11. The van der Waals surface area contributed by atoms with E-state index in [4.69, 9.17) is 0 Å². The van der Waals surface area contributed by atoms with Crippen LogP contribution in [0.15, 0.2) is 60.7 Å². The van der Waals surface area contributed by atoms with Crippen LogP contribution in [0.25, 0.3) is 0 Å². The Kier molecular flexibility index (Phi) is 3.04. The number of hydrogen-bond acceptors (Lipinski definition) is 0. The second-order valence-electron chi connectivity index (χ2n) is 3.54. The molecule has 0 aliphatic heterocycles. The van der Waals surface area contributed by atoms with Gasteiger partial charge in [-0.3, -0.25) is 0 Å². The van der Waals surface area contributed by atoms with Crippen molar-refractivity contribution in [2.24, 2.45) is 0 Å². The number of rotatable bonds is 2. The van der Waals surface area contributed by atoms with Crippen LogP contribution >= 0.6 is 0 Å². The molecule has 0 nitrogen and oxygen atoms in total. The zero-order valence-corrected chi connectivity index (χ0v) is 10.4. The Labute approximate surface area is 93.0 Å². The summed E-state index contributed by atoms with van der Waals surface area (Å²) in [4.78, 5) is 0. The molecule has 2 aromatic carbocycles. The van der Waals surface area contributed by atoms with Gasteiger partial charge in [0.1, 0.15) is 0 Å². The standard InChI is InChI=1S/C13H11.Al.2H/c1-3-7-12(8-4-1)11-13-9-5-2-6-10-13;;;/h1-11H;;;. The summed E-state index contributed by atoms with van der Waals surface area (Å²) in [6.45, 7) is 0. The van der Waals surface area contributed by atoms with Crippen molar-refractivity contribution in [3.8, 4) is 0 Å². The van der Waals surface area contributed by atoms with Gasteiger partial charge in [-0.15, -0.1) is 0 Å². The summed E-state index contributed by atoms with van der Waals surface area (Å²) in [6.07, 6.45) is 0. The molecule has 0 unspecified atom stereocenters. The Morgan fingerprint density at radius 2 is 1.00 bits per heavy atom. The molecule has 0 aliphatic rings. The van der Waals surface area contributed by atoms with Gasteiger partial charge in [-0.2, -0.15) is 0 Å². The fraction of sp³-hybridized carbons (Fsp3) is 0.0769. The van der Waals surface area contributed by atoms with Crippen LogP contribution in [0.3, 0.4) is 0 Å². The molecule has 0 saturated carbocycles. The van der Waals surface area contributed by atoms with E-state index in [0.29, 0.717) is 4.78 Å². The van der Waals surface area contributed by atoms with Gasteiger partial charge in [0.05, 0.1) is 0 Å². The van der Waals surface area contributed by atoms with E-state index in [2.05, 4.69) is 60.7 Å². The summed E-state index contributed by atoms with van der Waals surface area (Å²) in [5, 5.41) is 0. The third-order valence-electron chi connectivity index (χ3n) is 2.60. The van der Waals surface area contributed by atoms with Crippen molar-refractivity contribution in [3.05, 3.63) is 71.8 Å². The number of benzene rings is 2. The fourth-order valence-corrected chi connectivity index (χ4v) is 2.45. The maximum atomic E-state index is 2.21. The van der Waals surface area contributed by atoms with Crippen molar-refractivity contribution in [3.63, 3.8) is 0 Å². The summed E-state index contributed by atoms with van der Waals surface area (Å²) in [5.41, 5.74) is 2.87. The van der Waals surface area contributed by atoms with Crippen molar-refractivity contribution in [2.45, 2.75) is 4.78 Å². The third-order valence-corrected chi connectivity index (χ3v) is 3.93. The smallest absolute Gasteiger partial charge is 0.0622 e. The Hall–Kier alpha value is -1.03. The molecule has 0 saturated heterocycles. The van der Waals surface area contributed by atoms with Gasteiger partial charge in [-0.1, -0.05) is 71.8 Å². The molecule has 0 atom stereocenters. The average molecular weight is 196 g/mol. The highest BCUT2D eigenvalue weighted by atomic mass is 27.0. The molecule has 14 heavy (non-hydrogen) atoms. The van der Waals surface area contributed by atoms with Crippen LogP contribution in [0, 0.1) is 0 Å². The first-order valence-corrected chi connectivity index (χ1v) is 6.13. The van der Waals surface area contributed by atoms with Gasteiger partial charge in [0.2, 0.25) is 16.3 Å². The molecule has 0 aromatic heterocycles. The number of hydrogen-bond donors (Lipinski definition) is 0. The summed E-state index contributed by atoms with van der Waals surface area (Å²) < 4.78 is 0.623. The van der Waals surface area contributed by atoms with Gasteiger partial charge in [0.15, 0.2) is 0 Å². The van der Waals surface area contributed by atoms with Crippen molar-refractivity contribution >= 4 is 16.3 Å². The van der Waals surface area contributed by atoms with E-state index in [1.165, 1.54) is 11.1 Å². The molecular formula is C13H13Al. The lowest BCUT2D eigenvalue weighted by atomic mass is 10.0. The summed E-state index contributed by atoms with van der Waals surface area (Å²) in [7, 11) is 0. The van der Waals surface area contributed by atoms with Gasteiger partial charge in [-0.25, -0.2) is 0 Å². The quantitative estimate of drug-likeness (QED) is 0.647. The minimum absolute atomic E-state index is 0.623. The Bertz CT molecular complexity index is 341. The molecule has 68 valence electrons. The van der Waals surface area contributed by atoms with Crippen LogP contribution in [0.1, 0.15) is 15.9 Å². The highest BCUT2D eigenvalue weighted by Crippen LogP contribution is 2.20. The van der Waals surface area contributed by atoms with Crippen LogP contribution in [-0.4, -0.2) is 16.3 Å². The normalized spacial score (nSPS) is 10.4. The SMILES string of the molecule is [AlH2][CH](c1ccccc1)c1ccccc1. The van der Waals surface area contributed by atoms with Crippen molar-refractivity contribution < 1.29 is 0 Å². The summed E-state index contributed by atoms with van der Waals surface area (Å²) in [5.74, 6) is 0. The predicted molar refractivity (Wildman–Crippen MR) is 63.3 cm³/mol. The zero-order valence-electron chi connectivity index (χ0n) is 8.35. The Morgan fingerprint density at radius 1 is 0.643 bits per heavy atom. The molecule has 1 heteroatoms. The molecule has 0 fully saturated rings. The van der Waals surface area contributed by atoms with Gasteiger partial charge in [-0.05, 0) is 4.78 Å². The molecular weight excluding hydrogens is 183 g/mol. The highest BCUT2D eigenvalue weighted by molar-refractivity contribution is 6.14. The molecule has 0 amide bonds. The van der Waals surface area contributed by atoms with Crippen LogP contribution in [-0.2, 0) is 0 Å². The van der Waals surface area contributed by atoms with Crippen LogP contribution < -0.4 is 0 Å². The van der Waals surface area contributed by atoms with E-state index in [0.717, 1.165) is 16.3 Å². The van der Waals surface area contributed by atoms with E-state index < -0.39 is 0 Å². The van der Waals surface area contributed by atoms with E-state index in [-0.39, 0.29) is 0 Å². The highest BCUT2D eigenvalue weighted by Gasteiger charge is 2.05. The van der Waals surface area contributed by atoms with E-state index in [9.17, 15) is 0 Å². The average Bonchev–Trinajstić information content (AvgIpc) is 2.30. The van der Waals surface area contributed by atoms with Crippen LogP contribution in [0.2, 0.25) is 0 Å². The van der Waals surface area contributed by atoms with Crippen LogP contribution in [0.4, 0.5) is 0 Å². The minimum Gasteiger partial charge on any atom is -0.0622 e. The van der Waals surface area contributed by atoms with Crippen molar-refractivity contribution in [1.82, 2.24) is 0 Å². The van der Waals surface area contributed by atoms with E-state index in [1.54, 1.807) is 0 Å². The predicted octanol–water partition coefficient (Wildman–Crippen LogP) is 2.41. The van der Waals surface area contributed by atoms with E-state index >= 15 is 0 Å². The summed E-state index contributed by atoms with van der Waals surface area (Å²) >= 11 is 1.16. The first-order valence-electron chi connectivity index (χ1n) is 4.98. The molecule has 0 spiro atoms. The largest absolute Gasteiger partial charge is 0.230 e. The molecule has 2 rings (SSSR count). The molecule has 0 aliphatic carbocycles. The Morgan fingerprint density at radius 3 is 1.36 bits per heavy atom. The monoisotopic (exact) mass is 196 g/mol. The third kappa shape index (κ3) is 2.07.